The van der Waals surface area contributed by atoms with E-state index in [1.165, 1.54) is 0 Å². The highest BCUT2D eigenvalue weighted by atomic mass is 31.2. The van der Waals surface area contributed by atoms with Crippen LogP contribution >= 0.6 is 7.82 Å². The first-order chi connectivity index (χ1) is 16.9. The molecule has 0 heterocycles. The number of phosphoric acid groups is 1. The van der Waals surface area contributed by atoms with Gasteiger partial charge in [0.25, 0.3) is 0 Å². The van der Waals surface area contributed by atoms with Crippen molar-refractivity contribution < 1.29 is 38.6 Å². The number of aliphatic hydroxyl groups excluding tert-OH is 3. The molecule has 9 heteroatoms. The number of rotatable bonds is 23. The molecule has 0 aromatic rings. The fraction of sp³-hybridized carbons (Fsp3) is 0.615. The molecule has 0 bridgehead atoms. The number of unbranched alkanes of at least 4 members (excludes halogenated alkanes) is 2. The second-order valence-corrected chi connectivity index (χ2v) is 9.28. The molecule has 0 rings (SSSR count). The minimum absolute atomic E-state index is 0.0269. The van der Waals surface area contributed by atoms with Crippen molar-refractivity contribution in [3.05, 3.63) is 60.8 Å². The monoisotopic (exact) mass is 516 g/mol. The van der Waals surface area contributed by atoms with Crippen LogP contribution in [0.1, 0.15) is 58.3 Å². The highest BCUT2D eigenvalue weighted by molar-refractivity contribution is 7.47. The SMILES string of the molecule is CC/C=C\C/C=C\C/C=C\C/C=C\C/C=C\CCCCOCC(O)COP(=O)(O)OCC(O)CO. The molecule has 8 nitrogen and oxygen atoms in total. The summed E-state index contributed by atoms with van der Waals surface area (Å²) in [7, 11) is -4.40. The van der Waals surface area contributed by atoms with E-state index in [9.17, 15) is 14.6 Å². The smallest absolute Gasteiger partial charge is 0.394 e. The van der Waals surface area contributed by atoms with Gasteiger partial charge in [-0.3, -0.25) is 9.05 Å². The number of aliphatic hydroxyl groups is 3. The van der Waals surface area contributed by atoms with Gasteiger partial charge in [-0.25, -0.2) is 4.57 Å². The molecular weight excluding hydrogens is 471 g/mol. The number of ether oxygens (including phenoxy) is 1. The summed E-state index contributed by atoms with van der Waals surface area (Å²) < 4.78 is 26.0. The predicted octanol–water partition coefficient (Wildman–Crippen LogP) is 4.77. The predicted molar refractivity (Wildman–Crippen MR) is 140 cm³/mol. The van der Waals surface area contributed by atoms with E-state index in [4.69, 9.17) is 14.9 Å². The van der Waals surface area contributed by atoms with Crippen molar-refractivity contribution in [2.24, 2.45) is 0 Å². The number of allylic oxidation sites excluding steroid dienone is 10. The minimum atomic E-state index is -4.40. The van der Waals surface area contributed by atoms with E-state index in [1.807, 2.05) is 0 Å². The lowest BCUT2D eigenvalue weighted by molar-refractivity contribution is -0.00427. The standard InChI is InChI=1S/C26H45O8P/c1-2-3-4-5-6-7-8-9-10-11-12-13-14-15-16-17-18-19-20-32-22-26(29)24-34-35(30,31)33-23-25(28)21-27/h3-4,6-7,9-10,12-13,15-16,25-29H,2,5,8,11,14,17-24H2,1H3,(H,30,31)/b4-3-,7-6-,10-9-,13-12-,16-15-. The Labute approximate surface area is 210 Å². The molecule has 202 valence electrons. The van der Waals surface area contributed by atoms with Crippen molar-refractivity contribution in [2.75, 3.05) is 33.0 Å². The average molecular weight is 517 g/mol. The largest absolute Gasteiger partial charge is 0.472 e. The van der Waals surface area contributed by atoms with Crippen LogP contribution in [-0.2, 0) is 18.3 Å². The molecule has 0 fully saturated rings. The van der Waals surface area contributed by atoms with E-state index >= 15 is 0 Å². The molecule has 0 saturated carbocycles. The van der Waals surface area contributed by atoms with Crippen molar-refractivity contribution >= 4 is 7.82 Å². The summed E-state index contributed by atoms with van der Waals surface area (Å²) in [6.07, 6.45) is 27.0. The Morgan fingerprint density at radius 1 is 0.714 bits per heavy atom. The molecule has 0 aliphatic rings. The van der Waals surface area contributed by atoms with Gasteiger partial charge in [-0.2, -0.15) is 0 Å². The second-order valence-electron chi connectivity index (χ2n) is 7.83. The van der Waals surface area contributed by atoms with Crippen molar-refractivity contribution in [1.29, 1.82) is 0 Å². The van der Waals surface area contributed by atoms with Crippen molar-refractivity contribution in [3.8, 4) is 0 Å². The van der Waals surface area contributed by atoms with Gasteiger partial charge in [0, 0.05) is 6.61 Å². The van der Waals surface area contributed by atoms with E-state index in [2.05, 4.69) is 76.7 Å². The number of phosphoric ester groups is 1. The topological polar surface area (TPSA) is 126 Å². The average Bonchev–Trinajstić information content (AvgIpc) is 2.85. The molecule has 0 spiro atoms. The van der Waals surface area contributed by atoms with Gasteiger partial charge in [0.2, 0.25) is 0 Å². The van der Waals surface area contributed by atoms with Gasteiger partial charge in [-0.1, -0.05) is 67.7 Å². The van der Waals surface area contributed by atoms with Crippen LogP contribution in [0.3, 0.4) is 0 Å². The maximum Gasteiger partial charge on any atom is 0.472 e. The third-order valence-corrected chi connectivity index (χ3v) is 5.40. The van der Waals surface area contributed by atoms with Crippen LogP contribution in [-0.4, -0.2) is 65.5 Å². The molecule has 35 heavy (non-hydrogen) atoms. The lowest BCUT2D eigenvalue weighted by Gasteiger charge is -2.16. The van der Waals surface area contributed by atoms with Gasteiger partial charge >= 0.3 is 7.82 Å². The minimum Gasteiger partial charge on any atom is -0.394 e. The van der Waals surface area contributed by atoms with E-state index in [-0.39, 0.29) is 6.61 Å². The Bertz CT molecular complexity index is 672. The molecule has 0 aliphatic carbocycles. The van der Waals surface area contributed by atoms with Gasteiger partial charge in [0.15, 0.2) is 0 Å². The van der Waals surface area contributed by atoms with Gasteiger partial charge < -0.3 is 24.9 Å². The Kier molecular flexibility index (Phi) is 23.4. The molecule has 3 atom stereocenters. The lowest BCUT2D eigenvalue weighted by Crippen LogP contribution is -2.23. The first kappa shape index (κ1) is 33.7. The van der Waals surface area contributed by atoms with E-state index in [0.717, 1.165) is 51.4 Å². The summed E-state index contributed by atoms with van der Waals surface area (Å²) in [5, 5.41) is 27.4. The fourth-order valence-corrected chi connectivity index (χ4v) is 3.35. The zero-order chi connectivity index (χ0) is 26.0. The number of hydrogen-bond acceptors (Lipinski definition) is 7. The Hall–Kier alpha value is -1.35. The van der Waals surface area contributed by atoms with Crippen molar-refractivity contribution in [2.45, 2.75) is 70.5 Å². The van der Waals surface area contributed by atoms with Crippen LogP contribution in [0, 0.1) is 0 Å². The Morgan fingerprint density at radius 3 is 1.71 bits per heavy atom. The molecule has 0 aliphatic heterocycles. The van der Waals surface area contributed by atoms with Gasteiger partial charge in [0.05, 0.1) is 26.4 Å². The Morgan fingerprint density at radius 2 is 1.20 bits per heavy atom. The van der Waals surface area contributed by atoms with E-state index in [1.54, 1.807) is 0 Å². The number of hydrogen-bond donors (Lipinski definition) is 4. The highest BCUT2D eigenvalue weighted by Gasteiger charge is 2.24. The molecule has 0 amide bonds. The summed E-state index contributed by atoms with van der Waals surface area (Å²) in [4.78, 5) is 9.40. The van der Waals surface area contributed by atoms with Crippen molar-refractivity contribution in [3.63, 3.8) is 0 Å². The quantitative estimate of drug-likeness (QED) is 0.0869. The molecule has 0 saturated heterocycles. The van der Waals surface area contributed by atoms with Gasteiger partial charge in [-0.05, 0) is 51.4 Å². The first-order valence-corrected chi connectivity index (χ1v) is 13.8. The summed E-state index contributed by atoms with van der Waals surface area (Å²) in [6, 6.07) is 0. The Balaban J connectivity index is 3.60. The van der Waals surface area contributed by atoms with Gasteiger partial charge in [-0.15, -0.1) is 0 Å². The molecule has 4 N–H and O–H groups in total. The lowest BCUT2D eigenvalue weighted by atomic mass is 10.2. The van der Waals surface area contributed by atoms with E-state index < -0.39 is 39.9 Å². The van der Waals surface area contributed by atoms with Crippen LogP contribution in [0.2, 0.25) is 0 Å². The maximum absolute atomic E-state index is 11.5. The zero-order valence-electron chi connectivity index (χ0n) is 21.0. The molecular formula is C26H45O8P. The second kappa shape index (κ2) is 24.3. The van der Waals surface area contributed by atoms with Crippen LogP contribution in [0.15, 0.2) is 60.8 Å². The maximum atomic E-state index is 11.5. The summed E-state index contributed by atoms with van der Waals surface area (Å²) in [5.41, 5.74) is 0. The molecule has 0 aromatic heterocycles. The van der Waals surface area contributed by atoms with Crippen LogP contribution in [0.5, 0.6) is 0 Å². The fourth-order valence-electron chi connectivity index (χ4n) is 2.55. The van der Waals surface area contributed by atoms with E-state index in [0.29, 0.717) is 6.61 Å². The highest BCUT2D eigenvalue weighted by Crippen LogP contribution is 2.43. The first-order valence-electron chi connectivity index (χ1n) is 12.3. The molecule has 3 unspecified atom stereocenters. The summed E-state index contributed by atoms with van der Waals surface area (Å²) >= 11 is 0. The summed E-state index contributed by atoms with van der Waals surface area (Å²) in [6.45, 7) is 0.992. The zero-order valence-corrected chi connectivity index (χ0v) is 21.9. The van der Waals surface area contributed by atoms with Crippen LogP contribution < -0.4 is 0 Å². The van der Waals surface area contributed by atoms with Crippen molar-refractivity contribution in [1.82, 2.24) is 0 Å². The molecule has 0 radical (unpaired) electrons. The third kappa shape index (κ3) is 25.5. The normalized spacial score (nSPS) is 16.4. The van der Waals surface area contributed by atoms with Crippen LogP contribution in [0.25, 0.3) is 0 Å². The van der Waals surface area contributed by atoms with Crippen LogP contribution in [0.4, 0.5) is 0 Å². The summed E-state index contributed by atoms with van der Waals surface area (Å²) in [5.74, 6) is 0. The molecule has 0 aromatic carbocycles. The third-order valence-electron chi connectivity index (χ3n) is 4.45. The van der Waals surface area contributed by atoms with Gasteiger partial charge in [0.1, 0.15) is 12.2 Å².